The molecule has 1 rings (SSSR count). The number of rotatable bonds is 7. The van der Waals surface area contributed by atoms with E-state index >= 15 is 0 Å². The first-order chi connectivity index (χ1) is 8.99. The molecule has 19 heavy (non-hydrogen) atoms. The van der Waals surface area contributed by atoms with E-state index in [0.29, 0.717) is 19.4 Å². The molecule has 5 nitrogen and oxygen atoms in total. The van der Waals surface area contributed by atoms with Gasteiger partial charge < -0.3 is 20.8 Å². The van der Waals surface area contributed by atoms with Crippen LogP contribution in [0.4, 0.5) is 0 Å². The van der Waals surface area contributed by atoms with Crippen LogP contribution in [-0.2, 0) is 6.42 Å². The van der Waals surface area contributed by atoms with Crippen LogP contribution in [0.15, 0.2) is 29.4 Å². The lowest BCUT2D eigenvalue weighted by Gasteiger charge is -2.22. The number of nitrogens with zero attached hydrogens (tertiary/aromatic N) is 1. The molecule has 1 aromatic carbocycles. The molecule has 0 heterocycles. The van der Waals surface area contributed by atoms with Crippen molar-refractivity contribution in [3.05, 3.63) is 29.8 Å². The van der Waals surface area contributed by atoms with Gasteiger partial charge in [-0.25, -0.2) is 0 Å². The van der Waals surface area contributed by atoms with Gasteiger partial charge in [0, 0.05) is 12.0 Å². The molecule has 0 bridgehead atoms. The van der Waals surface area contributed by atoms with Gasteiger partial charge in [-0.15, -0.1) is 0 Å². The maximum absolute atomic E-state index is 8.82. The summed E-state index contributed by atoms with van der Waals surface area (Å²) in [5, 5.41) is 20.5. The van der Waals surface area contributed by atoms with E-state index in [1.165, 1.54) is 0 Å². The van der Waals surface area contributed by atoms with E-state index in [2.05, 4.69) is 5.16 Å². The minimum absolute atomic E-state index is 0.147. The highest BCUT2D eigenvalue weighted by Crippen LogP contribution is 2.21. The molecule has 0 radical (unpaired) electrons. The van der Waals surface area contributed by atoms with Gasteiger partial charge in [-0.1, -0.05) is 31.1 Å². The third kappa shape index (κ3) is 4.79. The van der Waals surface area contributed by atoms with E-state index in [1.54, 1.807) is 0 Å². The zero-order valence-electron chi connectivity index (χ0n) is 11.5. The third-order valence-electron chi connectivity index (χ3n) is 3.12. The van der Waals surface area contributed by atoms with Gasteiger partial charge in [0.15, 0.2) is 0 Å². The molecule has 0 saturated carbocycles. The fourth-order valence-electron chi connectivity index (χ4n) is 1.57. The van der Waals surface area contributed by atoms with Crippen molar-refractivity contribution >= 4 is 5.84 Å². The third-order valence-corrected chi connectivity index (χ3v) is 3.12. The number of aliphatic hydroxyl groups excluding tert-OH is 1. The van der Waals surface area contributed by atoms with Crippen molar-refractivity contribution in [2.45, 2.75) is 26.7 Å². The molecule has 0 amide bonds. The van der Waals surface area contributed by atoms with Gasteiger partial charge in [0.05, 0.1) is 6.61 Å². The molecule has 0 atom stereocenters. The molecule has 0 aliphatic heterocycles. The summed E-state index contributed by atoms with van der Waals surface area (Å²) < 4.78 is 5.61. The highest BCUT2D eigenvalue weighted by molar-refractivity contribution is 5.85. The van der Waals surface area contributed by atoms with Crippen molar-refractivity contribution < 1.29 is 15.1 Å². The Balaban J connectivity index is 2.45. The average Bonchev–Trinajstić information content (AvgIpc) is 2.40. The summed E-state index contributed by atoms with van der Waals surface area (Å²) in [5.74, 6) is 0.978. The zero-order chi connectivity index (χ0) is 14.3. The molecule has 0 aromatic heterocycles. The Morgan fingerprint density at radius 2 is 1.95 bits per heavy atom. The van der Waals surface area contributed by atoms with Gasteiger partial charge in [0.2, 0.25) is 0 Å². The molecule has 0 saturated heterocycles. The van der Waals surface area contributed by atoms with Gasteiger partial charge >= 0.3 is 0 Å². The van der Waals surface area contributed by atoms with Crippen LogP contribution in [0, 0.1) is 5.41 Å². The number of hydrogen-bond acceptors (Lipinski definition) is 4. The largest absolute Gasteiger partial charge is 0.494 e. The number of amidine groups is 1. The van der Waals surface area contributed by atoms with Crippen LogP contribution >= 0.6 is 0 Å². The van der Waals surface area contributed by atoms with E-state index in [9.17, 15) is 0 Å². The van der Waals surface area contributed by atoms with E-state index in [-0.39, 0.29) is 12.4 Å². The summed E-state index contributed by atoms with van der Waals surface area (Å²) >= 11 is 0. The van der Waals surface area contributed by atoms with Gasteiger partial charge in [-0.2, -0.15) is 0 Å². The summed E-state index contributed by atoms with van der Waals surface area (Å²) in [4.78, 5) is 0. The van der Waals surface area contributed by atoms with Crippen LogP contribution in [0.1, 0.15) is 25.8 Å². The normalized spacial score (nSPS) is 12.5. The fraction of sp³-hybridized carbons (Fsp3) is 0.500. The Bertz CT molecular complexity index is 413. The molecule has 106 valence electrons. The monoisotopic (exact) mass is 266 g/mol. The van der Waals surface area contributed by atoms with Crippen LogP contribution in [-0.4, -0.2) is 29.4 Å². The quantitative estimate of drug-likeness (QED) is 0.304. The summed E-state index contributed by atoms with van der Waals surface area (Å²) in [6.07, 6.45) is 1.30. The first kappa shape index (κ1) is 15.3. The smallest absolute Gasteiger partial charge is 0.144 e. The predicted octanol–water partition coefficient (Wildman–Crippen LogP) is 1.76. The van der Waals surface area contributed by atoms with Crippen LogP contribution < -0.4 is 10.5 Å². The summed E-state index contributed by atoms with van der Waals surface area (Å²) in [6.45, 7) is 4.43. The first-order valence-corrected chi connectivity index (χ1v) is 6.30. The number of hydrogen-bond donors (Lipinski definition) is 3. The summed E-state index contributed by atoms with van der Waals surface area (Å²) in [5.41, 5.74) is 6.28. The molecule has 5 heteroatoms. The fourth-order valence-corrected chi connectivity index (χ4v) is 1.57. The molecule has 0 aliphatic carbocycles. The molecule has 0 spiro atoms. The van der Waals surface area contributed by atoms with Gasteiger partial charge in [-0.05, 0) is 30.5 Å². The van der Waals surface area contributed by atoms with Crippen molar-refractivity contribution in [1.82, 2.24) is 0 Å². The van der Waals surface area contributed by atoms with Crippen molar-refractivity contribution in [3.63, 3.8) is 0 Å². The zero-order valence-corrected chi connectivity index (χ0v) is 11.5. The second-order valence-electron chi connectivity index (χ2n) is 5.09. The van der Waals surface area contributed by atoms with Crippen LogP contribution in [0.25, 0.3) is 0 Å². The average molecular weight is 266 g/mol. The lowest BCUT2D eigenvalue weighted by Crippen LogP contribution is -2.33. The van der Waals surface area contributed by atoms with E-state index in [1.807, 2.05) is 38.1 Å². The Labute approximate surface area is 113 Å². The second-order valence-corrected chi connectivity index (χ2v) is 5.09. The highest BCUT2D eigenvalue weighted by Gasteiger charge is 2.23. The number of oxime groups is 1. The Kier molecular flexibility index (Phi) is 5.63. The number of ether oxygens (including phenoxy) is 1. The Hall–Kier alpha value is -1.75. The van der Waals surface area contributed by atoms with Crippen LogP contribution in [0.2, 0.25) is 0 Å². The molecular formula is C14H22N2O3. The van der Waals surface area contributed by atoms with Crippen molar-refractivity contribution in [3.8, 4) is 5.75 Å². The maximum Gasteiger partial charge on any atom is 0.144 e. The minimum Gasteiger partial charge on any atom is -0.494 e. The number of nitrogens with two attached hydrogens (primary N) is 1. The first-order valence-electron chi connectivity index (χ1n) is 6.30. The van der Waals surface area contributed by atoms with Crippen molar-refractivity contribution in [1.29, 1.82) is 0 Å². The standard InChI is InChI=1S/C14H22N2O3/c1-14(2,13(15)16-18)8-10-19-12-5-3-11(4-6-12)7-9-17/h3-6,17-18H,7-10H2,1-2H3,(H2,15,16). The Morgan fingerprint density at radius 1 is 1.32 bits per heavy atom. The lowest BCUT2D eigenvalue weighted by molar-refractivity contribution is 0.259. The van der Waals surface area contributed by atoms with E-state index < -0.39 is 5.41 Å². The van der Waals surface area contributed by atoms with Crippen LogP contribution in [0.5, 0.6) is 5.75 Å². The van der Waals surface area contributed by atoms with E-state index in [0.717, 1.165) is 11.3 Å². The van der Waals surface area contributed by atoms with Crippen molar-refractivity contribution in [2.75, 3.05) is 13.2 Å². The topological polar surface area (TPSA) is 88.1 Å². The van der Waals surface area contributed by atoms with Crippen molar-refractivity contribution in [2.24, 2.45) is 16.3 Å². The number of aliphatic hydroxyl groups is 1. The SMILES string of the molecule is CC(C)(CCOc1ccc(CCO)cc1)/C(N)=N/O. The summed E-state index contributed by atoms with van der Waals surface area (Å²) in [7, 11) is 0. The highest BCUT2D eigenvalue weighted by atomic mass is 16.5. The minimum atomic E-state index is -0.397. The summed E-state index contributed by atoms with van der Waals surface area (Å²) in [6, 6.07) is 7.61. The molecule has 0 aliphatic rings. The van der Waals surface area contributed by atoms with Crippen LogP contribution in [0.3, 0.4) is 0 Å². The molecule has 0 unspecified atom stereocenters. The van der Waals surface area contributed by atoms with E-state index in [4.69, 9.17) is 20.8 Å². The Morgan fingerprint density at radius 3 is 2.47 bits per heavy atom. The molecule has 4 N–H and O–H groups in total. The molecule has 1 aromatic rings. The van der Waals surface area contributed by atoms with Gasteiger partial charge in [0.25, 0.3) is 0 Å². The van der Waals surface area contributed by atoms with Gasteiger partial charge in [0.1, 0.15) is 11.6 Å². The van der Waals surface area contributed by atoms with Gasteiger partial charge in [-0.3, -0.25) is 0 Å². The predicted molar refractivity (Wildman–Crippen MR) is 74.5 cm³/mol. The second kappa shape index (κ2) is 6.99. The number of benzene rings is 1. The molecule has 0 fully saturated rings. The maximum atomic E-state index is 8.82. The molecular weight excluding hydrogens is 244 g/mol. The lowest BCUT2D eigenvalue weighted by atomic mass is 9.88.